The van der Waals surface area contributed by atoms with Gasteiger partial charge in [-0.2, -0.15) is 0 Å². The van der Waals surface area contributed by atoms with Crippen molar-refractivity contribution in [2.75, 3.05) is 7.05 Å². The molecule has 1 aromatic carbocycles. The zero-order valence-electron chi connectivity index (χ0n) is 11.3. The number of ether oxygens (including phenoxy) is 1. The quantitative estimate of drug-likeness (QED) is 0.836. The van der Waals surface area contributed by atoms with Gasteiger partial charge >= 0.3 is 0 Å². The third kappa shape index (κ3) is 3.36. The number of aryl methyl sites for hydroxylation is 1. The second-order valence-electron chi connectivity index (χ2n) is 4.53. The number of hydrogen-bond donors (Lipinski definition) is 1. The van der Waals surface area contributed by atoms with Crippen molar-refractivity contribution in [1.29, 1.82) is 0 Å². The van der Waals surface area contributed by atoms with Crippen molar-refractivity contribution in [3.63, 3.8) is 0 Å². The van der Waals surface area contributed by atoms with Crippen molar-refractivity contribution in [2.45, 2.75) is 18.9 Å². The van der Waals surface area contributed by atoms with Gasteiger partial charge in [-0.15, -0.1) is 0 Å². The van der Waals surface area contributed by atoms with Crippen molar-refractivity contribution >= 4 is 0 Å². The summed E-state index contributed by atoms with van der Waals surface area (Å²) in [6, 6.07) is 8.36. The molecule has 100 valence electrons. The Balaban J connectivity index is 0.000000637. The fraction of sp³-hybridized carbons (Fsp3) is 0.294. The van der Waals surface area contributed by atoms with E-state index in [1.54, 1.807) is 0 Å². The molecule has 1 aliphatic heterocycles. The van der Waals surface area contributed by atoms with Gasteiger partial charge in [-0.25, -0.2) is 0 Å². The lowest BCUT2D eigenvalue weighted by atomic mass is 9.93. The van der Waals surface area contributed by atoms with Crippen LogP contribution in [0.1, 0.15) is 12.0 Å². The lowest BCUT2D eigenvalue weighted by Crippen LogP contribution is -2.28. The minimum absolute atomic E-state index is 0.275. The van der Waals surface area contributed by atoms with E-state index in [0.29, 0.717) is 5.92 Å². The van der Waals surface area contributed by atoms with Gasteiger partial charge in [0.25, 0.3) is 0 Å². The molecule has 0 amide bonds. The summed E-state index contributed by atoms with van der Waals surface area (Å²) < 4.78 is 6.10. The van der Waals surface area contributed by atoms with E-state index in [4.69, 9.17) is 4.74 Å². The van der Waals surface area contributed by atoms with Crippen molar-refractivity contribution in [2.24, 2.45) is 11.7 Å². The Hall–Kier alpha value is -1.80. The highest BCUT2D eigenvalue weighted by atomic mass is 16.5. The minimum atomic E-state index is 0.275. The predicted molar refractivity (Wildman–Crippen MR) is 80.2 cm³/mol. The van der Waals surface area contributed by atoms with Crippen molar-refractivity contribution in [3.8, 4) is 5.75 Å². The first-order chi connectivity index (χ1) is 9.43. The minimum Gasteiger partial charge on any atom is -0.489 e. The molecule has 0 radical (unpaired) electrons. The Morgan fingerprint density at radius 3 is 2.42 bits per heavy atom. The molecular formula is C17H21NO. The molecule has 19 heavy (non-hydrogen) atoms. The maximum atomic E-state index is 6.10. The molecule has 1 atom stereocenters. The Kier molecular flexibility index (Phi) is 4.99. The maximum Gasteiger partial charge on any atom is 0.122 e. The van der Waals surface area contributed by atoms with Crippen LogP contribution in [-0.4, -0.2) is 13.2 Å². The Labute approximate surface area is 115 Å². The van der Waals surface area contributed by atoms with Crippen LogP contribution in [-0.2, 0) is 6.42 Å². The van der Waals surface area contributed by atoms with Gasteiger partial charge in [0.2, 0.25) is 0 Å². The molecule has 0 aromatic heterocycles. The number of benzene rings is 1. The largest absolute Gasteiger partial charge is 0.489 e. The normalized spacial score (nSPS) is 20.8. The molecule has 1 aliphatic carbocycles. The molecule has 1 aromatic rings. The van der Waals surface area contributed by atoms with E-state index >= 15 is 0 Å². The Morgan fingerprint density at radius 2 is 1.68 bits per heavy atom. The molecule has 3 rings (SSSR count). The third-order valence-corrected chi connectivity index (χ3v) is 3.38. The monoisotopic (exact) mass is 255 g/mol. The van der Waals surface area contributed by atoms with E-state index in [-0.39, 0.29) is 6.10 Å². The Morgan fingerprint density at radius 1 is 1.00 bits per heavy atom. The molecule has 2 heteroatoms. The summed E-state index contributed by atoms with van der Waals surface area (Å²) in [5.74, 6) is 1.45. The van der Waals surface area contributed by atoms with Crippen molar-refractivity contribution in [1.82, 2.24) is 0 Å². The lowest BCUT2D eigenvalue weighted by Gasteiger charge is -2.29. The van der Waals surface area contributed by atoms with Gasteiger partial charge < -0.3 is 10.5 Å². The van der Waals surface area contributed by atoms with Gasteiger partial charge in [-0.05, 0) is 31.5 Å². The van der Waals surface area contributed by atoms with Gasteiger partial charge in [0.15, 0.2) is 0 Å². The van der Waals surface area contributed by atoms with Crippen LogP contribution in [0.2, 0.25) is 0 Å². The average Bonchev–Trinajstić information content (AvgIpc) is 2.78. The Bertz CT molecular complexity index is 472. The first-order valence-corrected chi connectivity index (χ1v) is 6.77. The SMILES string of the molecule is C1=CC=CC(C2CCc3ccccc3O2)C=C1.CN. The van der Waals surface area contributed by atoms with Crippen LogP contribution >= 0.6 is 0 Å². The molecule has 2 N–H and O–H groups in total. The van der Waals surface area contributed by atoms with Crippen molar-refractivity contribution < 1.29 is 4.74 Å². The number of para-hydroxylation sites is 1. The van der Waals surface area contributed by atoms with E-state index < -0.39 is 0 Å². The lowest BCUT2D eigenvalue weighted by molar-refractivity contribution is 0.149. The number of allylic oxidation sites excluding steroid dienone is 4. The fourth-order valence-corrected chi connectivity index (χ4v) is 2.44. The van der Waals surface area contributed by atoms with Crippen LogP contribution in [0.5, 0.6) is 5.75 Å². The molecule has 0 spiro atoms. The van der Waals surface area contributed by atoms with Gasteiger partial charge in [0.05, 0.1) is 0 Å². The molecule has 0 saturated carbocycles. The van der Waals surface area contributed by atoms with E-state index in [9.17, 15) is 0 Å². The molecular weight excluding hydrogens is 234 g/mol. The summed E-state index contributed by atoms with van der Waals surface area (Å²) >= 11 is 0. The summed E-state index contributed by atoms with van der Waals surface area (Å²) in [5, 5.41) is 0. The van der Waals surface area contributed by atoms with Gasteiger partial charge in [-0.1, -0.05) is 54.7 Å². The van der Waals surface area contributed by atoms with Crippen LogP contribution in [0.25, 0.3) is 0 Å². The molecule has 0 saturated heterocycles. The highest BCUT2D eigenvalue weighted by Gasteiger charge is 2.24. The maximum absolute atomic E-state index is 6.10. The second kappa shape index (κ2) is 6.95. The molecule has 2 nitrogen and oxygen atoms in total. The van der Waals surface area contributed by atoms with Crippen LogP contribution in [0, 0.1) is 5.92 Å². The molecule has 1 unspecified atom stereocenters. The zero-order chi connectivity index (χ0) is 13.5. The average molecular weight is 255 g/mol. The summed E-state index contributed by atoms with van der Waals surface area (Å²) in [4.78, 5) is 0. The van der Waals surface area contributed by atoms with E-state index in [1.807, 2.05) is 6.07 Å². The number of rotatable bonds is 1. The first-order valence-electron chi connectivity index (χ1n) is 6.77. The predicted octanol–water partition coefficient (Wildman–Crippen LogP) is 3.25. The first kappa shape index (κ1) is 13.6. The molecule has 2 aliphatic rings. The topological polar surface area (TPSA) is 35.2 Å². The fourth-order valence-electron chi connectivity index (χ4n) is 2.44. The second-order valence-corrected chi connectivity index (χ2v) is 4.53. The smallest absolute Gasteiger partial charge is 0.122 e. The summed E-state index contributed by atoms with van der Waals surface area (Å²) in [5.41, 5.74) is 5.84. The molecule has 1 heterocycles. The zero-order valence-corrected chi connectivity index (χ0v) is 11.3. The summed E-state index contributed by atoms with van der Waals surface area (Å²) in [6.45, 7) is 0. The highest BCUT2D eigenvalue weighted by Crippen LogP contribution is 2.31. The van der Waals surface area contributed by atoms with Gasteiger partial charge in [-0.3, -0.25) is 0 Å². The highest BCUT2D eigenvalue weighted by molar-refractivity contribution is 5.35. The van der Waals surface area contributed by atoms with Crippen LogP contribution in [0.3, 0.4) is 0 Å². The number of hydrogen-bond acceptors (Lipinski definition) is 2. The van der Waals surface area contributed by atoms with Gasteiger partial charge in [0, 0.05) is 5.92 Å². The summed E-state index contributed by atoms with van der Waals surface area (Å²) in [7, 11) is 1.50. The molecule has 0 bridgehead atoms. The van der Waals surface area contributed by atoms with Crippen LogP contribution in [0.4, 0.5) is 0 Å². The van der Waals surface area contributed by atoms with Crippen LogP contribution < -0.4 is 10.5 Å². The molecule has 0 fully saturated rings. The number of fused-ring (bicyclic) bond motifs is 1. The third-order valence-electron chi connectivity index (χ3n) is 3.38. The van der Waals surface area contributed by atoms with Gasteiger partial charge in [0.1, 0.15) is 11.9 Å². The number of nitrogens with two attached hydrogens (primary N) is 1. The van der Waals surface area contributed by atoms with Crippen molar-refractivity contribution in [3.05, 3.63) is 66.3 Å². The standard InChI is InChI=1S/C16H16O.CH5N/c1-2-4-8-13(7-3-1)16-12-11-14-9-5-6-10-15(14)17-16;1-2/h1-10,13,16H,11-12H2;2H2,1H3. The summed E-state index contributed by atoms with van der Waals surface area (Å²) in [6.07, 6.45) is 15.3. The van der Waals surface area contributed by atoms with E-state index in [2.05, 4.69) is 60.4 Å². The van der Waals surface area contributed by atoms with E-state index in [0.717, 1.165) is 18.6 Å². The van der Waals surface area contributed by atoms with E-state index in [1.165, 1.54) is 12.6 Å². The van der Waals surface area contributed by atoms with Crippen LogP contribution in [0.15, 0.2) is 60.7 Å².